The van der Waals surface area contributed by atoms with Gasteiger partial charge in [-0.2, -0.15) is 8.78 Å². The molecule has 4 unspecified atom stereocenters. The van der Waals surface area contributed by atoms with Crippen LogP contribution in [0, 0.1) is 10.5 Å². The number of alkyl halides is 2. The summed E-state index contributed by atoms with van der Waals surface area (Å²) in [5.74, 6) is -4.55. The first-order chi connectivity index (χ1) is 30.3. The van der Waals surface area contributed by atoms with Crippen LogP contribution in [0.25, 0.3) is 0 Å². The number of primary amides is 1. The van der Waals surface area contributed by atoms with Crippen molar-refractivity contribution in [3.8, 4) is 11.5 Å². The topological polar surface area (TPSA) is 265 Å². The number of phenols is 1. The number of ether oxygens (including phenoxy) is 1. The van der Waals surface area contributed by atoms with Crippen LogP contribution in [0.3, 0.4) is 0 Å². The van der Waals surface area contributed by atoms with Crippen LogP contribution in [0.15, 0.2) is 89.4 Å². The Morgan fingerprint density at radius 1 is 0.844 bits per heavy atom. The number of methoxy groups -OCH3 is 1. The Kier molecular flexibility index (Phi) is 19.1. The van der Waals surface area contributed by atoms with Crippen LogP contribution in [-0.4, -0.2) is 83.8 Å². The predicted molar refractivity (Wildman–Crippen MR) is 240 cm³/mol. The second-order valence-electron chi connectivity index (χ2n) is 14.2. The Hall–Kier alpha value is -5.61. The summed E-state index contributed by atoms with van der Waals surface area (Å²) in [6, 6.07) is 15.6. The molecule has 4 rings (SSSR count). The normalized spacial score (nSPS) is 12.8. The maximum Gasteiger partial charge on any atom is 0.701 e. The molecular weight excluding hydrogens is 1040 g/mol. The van der Waals surface area contributed by atoms with E-state index in [4.69, 9.17) is 15.4 Å². The molecule has 4 atom stereocenters. The lowest BCUT2D eigenvalue weighted by molar-refractivity contribution is -0.185. The molecule has 0 aliphatic rings. The highest BCUT2D eigenvalue weighted by atomic mass is 127. The molecule has 0 aliphatic carbocycles. The van der Waals surface area contributed by atoms with E-state index >= 15 is 0 Å². The number of aryl methyl sites for hydroxylation is 1. The Labute approximate surface area is 388 Å². The zero-order valence-corrected chi connectivity index (χ0v) is 38.8. The van der Waals surface area contributed by atoms with Gasteiger partial charge in [0, 0.05) is 43.2 Å². The number of nitrogens with one attached hydrogen (secondary N) is 5. The number of carbonyl (C=O) groups excluding carboxylic acids is 6. The van der Waals surface area contributed by atoms with Gasteiger partial charge in [-0.15, -0.1) is 4.89 Å². The molecule has 22 heteroatoms. The summed E-state index contributed by atoms with van der Waals surface area (Å²) in [5.41, 5.74) is 6.89. The van der Waals surface area contributed by atoms with E-state index in [-0.39, 0.29) is 54.9 Å². The maximum absolute atomic E-state index is 14.4. The molecule has 340 valence electrons. The SMILES string of the molecule is COc1cc(CC(=O)NCC(NC(=O)C(CCCNC(=O)c2cccc(I)c2)NC(=O)C(Cc2ccc(C(F)(F)O[P+](=O)O)cc2)NC(=O)c2ccc(C)c(Br)c2)C(N)=O)ccc1O. The van der Waals surface area contributed by atoms with Crippen LogP contribution < -0.4 is 37.1 Å². The molecule has 0 radical (unpaired) electrons. The molecule has 0 heterocycles. The summed E-state index contributed by atoms with van der Waals surface area (Å²) in [6.07, 6.45) is -4.66. The van der Waals surface area contributed by atoms with Crippen LogP contribution in [0.5, 0.6) is 11.5 Å². The van der Waals surface area contributed by atoms with E-state index in [0.717, 1.165) is 21.3 Å². The van der Waals surface area contributed by atoms with E-state index in [1.807, 2.05) is 6.07 Å². The monoisotopic (exact) mass is 1080 g/mol. The molecule has 0 bridgehead atoms. The van der Waals surface area contributed by atoms with Gasteiger partial charge in [-0.05, 0) is 118 Å². The van der Waals surface area contributed by atoms with Gasteiger partial charge in [-0.25, -0.2) is 0 Å². The number of hydrogen-bond acceptors (Lipinski definition) is 10. The van der Waals surface area contributed by atoms with Crippen molar-refractivity contribution in [2.45, 2.75) is 56.8 Å². The summed E-state index contributed by atoms with van der Waals surface area (Å²) in [5, 5.41) is 22.8. The summed E-state index contributed by atoms with van der Waals surface area (Å²) >= 11 is 5.43. The minimum absolute atomic E-state index is 0.0367. The fourth-order valence-corrected chi connectivity index (χ4v) is 7.20. The maximum atomic E-state index is 14.4. The molecule has 4 aromatic carbocycles. The van der Waals surface area contributed by atoms with Gasteiger partial charge in [-0.1, -0.05) is 46.3 Å². The third-order valence-electron chi connectivity index (χ3n) is 9.43. The standard InChI is InChI=1S/C42H43BrF2IN6O11P/c1-23-8-12-27(21-30(23)43)39(57)51-32(17-24-9-13-28(14-10-24)42(44,45)63-64(60)61)41(59)50-31(7-4-16-48-38(56)26-5-3-6-29(46)20-26)40(58)52-33(37(47)55)22-49-36(54)19-25-11-15-34(53)35(18-25)62-2/h3,5-6,8-15,18,20-21,31-33H,4,7,16-17,19,22H2,1-2H3,(H8-,47,48,49,50,51,52,53,54,55,56,57,58,59,60,61)/p+1. The van der Waals surface area contributed by atoms with Crippen molar-refractivity contribution < 1.29 is 61.4 Å². The molecule has 0 saturated carbocycles. The van der Waals surface area contributed by atoms with Crippen LogP contribution in [-0.2, 0) is 47.2 Å². The van der Waals surface area contributed by atoms with E-state index in [0.29, 0.717) is 15.6 Å². The summed E-state index contributed by atoms with van der Waals surface area (Å²) in [7, 11) is -2.31. The number of carbonyl (C=O) groups is 6. The molecule has 0 fully saturated rings. The van der Waals surface area contributed by atoms with Crippen LogP contribution in [0.1, 0.15) is 55.8 Å². The van der Waals surface area contributed by atoms with Gasteiger partial charge >= 0.3 is 14.4 Å². The lowest BCUT2D eigenvalue weighted by atomic mass is 10.0. The summed E-state index contributed by atoms with van der Waals surface area (Å²) in [6.45, 7) is 1.38. The number of benzene rings is 4. The minimum Gasteiger partial charge on any atom is -0.504 e. The highest BCUT2D eigenvalue weighted by molar-refractivity contribution is 14.1. The second-order valence-corrected chi connectivity index (χ2v) is 16.9. The van der Waals surface area contributed by atoms with Crippen molar-refractivity contribution >= 4 is 82.2 Å². The van der Waals surface area contributed by atoms with Crippen LogP contribution in [0.4, 0.5) is 8.78 Å². The highest BCUT2D eigenvalue weighted by Crippen LogP contribution is 2.37. The highest BCUT2D eigenvalue weighted by Gasteiger charge is 2.43. The predicted octanol–water partition coefficient (Wildman–Crippen LogP) is 4.16. The third-order valence-corrected chi connectivity index (χ3v) is 11.3. The Morgan fingerprint density at radius 3 is 2.14 bits per heavy atom. The average Bonchev–Trinajstić information content (AvgIpc) is 3.24. The lowest BCUT2D eigenvalue weighted by Crippen LogP contribution is -2.58. The fraction of sp³-hybridized carbons (Fsp3) is 0.286. The zero-order chi connectivity index (χ0) is 47.1. The van der Waals surface area contributed by atoms with Gasteiger partial charge in [0.1, 0.15) is 18.1 Å². The van der Waals surface area contributed by atoms with Gasteiger partial charge in [0.15, 0.2) is 11.5 Å². The number of hydrogen-bond donors (Lipinski definition) is 8. The molecule has 0 spiro atoms. The van der Waals surface area contributed by atoms with E-state index < -0.39 is 80.0 Å². The summed E-state index contributed by atoms with van der Waals surface area (Å²) in [4.78, 5) is 88.7. The third kappa shape index (κ3) is 15.6. The van der Waals surface area contributed by atoms with Crippen molar-refractivity contribution in [2.24, 2.45) is 5.73 Å². The number of nitrogens with two attached hydrogens (primary N) is 1. The first-order valence-corrected chi connectivity index (χ1v) is 22.2. The molecule has 17 nitrogen and oxygen atoms in total. The minimum atomic E-state index is -4.13. The quantitative estimate of drug-likeness (QED) is 0.0315. The first-order valence-electron chi connectivity index (χ1n) is 19.2. The Bertz CT molecular complexity index is 2380. The van der Waals surface area contributed by atoms with Gasteiger partial charge in [0.05, 0.1) is 19.1 Å². The molecule has 0 aliphatic heterocycles. The first kappa shape index (κ1) is 51.0. The molecule has 6 amide bonds. The van der Waals surface area contributed by atoms with E-state index in [1.165, 1.54) is 49.6 Å². The average molecular weight is 1080 g/mol. The van der Waals surface area contributed by atoms with Crippen LogP contribution in [0.2, 0.25) is 0 Å². The van der Waals surface area contributed by atoms with E-state index in [1.54, 1.807) is 31.2 Å². The largest absolute Gasteiger partial charge is 0.701 e. The second kappa shape index (κ2) is 23.9. The number of rotatable bonds is 22. The summed E-state index contributed by atoms with van der Waals surface area (Å²) < 4.78 is 50.0. The van der Waals surface area contributed by atoms with Crippen molar-refractivity contribution in [2.75, 3.05) is 20.2 Å². The van der Waals surface area contributed by atoms with Crippen molar-refractivity contribution in [3.05, 3.63) is 126 Å². The van der Waals surface area contributed by atoms with Crippen molar-refractivity contribution in [3.63, 3.8) is 0 Å². The molecule has 4 aromatic rings. The van der Waals surface area contributed by atoms with Crippen molar-refractivity contribution in [1.29, 1.82) is 0 Å². The number of aromatic hydroxyl groups is 1. The lowest BCUT2D eigenvalue weighted by Gasteiger charge is -2.25. The van der Waals surface area contributed by atoms with Gasteiger partial charge < -0.3 is 42.2 Å². The van der Waals surface area contributed by atoms with E-state index in [9.17, 15) is 47.2 Å². The smallest absolute Gasteiger partial charge is 0.504 e. The van der Waals surface area contributed by atoms with E-state index in [2.05, 4.69) is 69.6 Å². The number of halogens is 4. The van der Waals surface area contributed by atoms with Gasteiger partial charge in [-0.3, -0.25) is 28.8 Å². The number of amides is 6. The molecule has 0 aromatic heterocycles. The zero-order valence-electron chi connectivity index (χ0n) is 34.2. The Morgan fingerprint density at radius 2 is 1.50 bits per heavy atom. The van der Waals surface area contributed by atoms with Crippen LogP contribution >= 0.6 is 46.8 Å². The van der Waals surface area contributed by atoms with Gasteiger partial charge in [0.2, 0.25) is 23.6 Å². The molecule has 9 N–H and O–H groups in total. The fourth-order valence-electron chi connectivity index (χ4n) is 5.98. The Balaban J connectivity index is 1.57. The molecular formula is C42H44BrF2IN6O11P+. The molecule has 0 saturated heterocycles. The van der Waals surface area contributed by atoms with Gasteiger partial charge in [0.25, 0.3) is 11.8 Å². The molecule has 64 heavy (non-hydrogen) atoms. The van der Waals surface area contributed by atoms with Crippen molar-refractivity contribution in [1.82, 2.24) is 26.6 Å². The number of phenolic OH excluding ortho intramolecular Hbond substituents is 1.